The maximum absolute atomic E-state index is 11.8. The first-order chi connectivity index (χ1) is 8.75. The minimum absolute atomic E-state index is 0.446. The third-order valence-electron chi connectivity index (χ3n) is 2.59. The van der Waals surface area contributed by atoms with E-state index < -0.39 is 18.2 Å². The number of esters is 2. The van der Waals surface area contributed by atoms with Crippen LogP contribution in [0.5, 0.6) is 0 Å². The zero-order chi connectivity index (χ0) is 12.5. The lowest BCUT2D eigenvalue weighted by molar-refractivity contribution is -0.0721. The molecule has 18 heavy (non-hydrogen) atoms. The SMILES string of the molecule is O=C(O[C@H]1OC(=O)c2ccccc21)c1cccs1. The molecule has 4 nitrogen and oxygen atoms in total. The fourth-order valence-corrected chi connectivity index (χ4v) is 2.36. The van der Waals surface area contributed by atoms with Crippen LogP contribution in [0.15, 0.2) is 41.8 Å². The largest absolute Gasteiger partial charge is 0.417 e. The molecule has 2 heterocycles. The van der Waals surface area contributed by atoms with Gasteiger partial charge in [-0.25, -0.2) is 9.59 Å². The molecule has 0 spiro atoms. The van der Waals surface area contributed by atoms with Crippen molar-refractivity contribution in [3.05, 3.63) is 57.8 Å². The molecule has 0 aliphatic carbocycles. The van der Waals surface area contributed by atoms with Gasteiger partial charge < -0.3 is 9.47 Å². The fourth-order valence-electron chi connectivity index (χ4n) is 1.75. The summed E-state index contributed by atoms with van der Waals surface area (Å²) in [5.74, 6) is -0.950. The Morgan fingerprint density at radius 2 is 2.06 bits per heavy atom. The van der Waals surface area contributed by atoms with E-state index >= 15 is 0 Å². The number of cyclic esters (lactones) is 1. The van der Waals surface area contributed by atoms with Crippen LogP contribution >= 0.6 is 11.3 Å². The Kier molecular flexibility index (Phi) is 2.60. The number of thiophene rings is 1. The molecule has 0 amide bonds. The second-order valence-electron chi connectivity index (χ2n) is 3.71. The lowest BCUT2D eigenvalue weighted by atomic mass is 10.1. The third-order valence-corrected chi connectivity index (χ3v) is 3.44. The summed E-state index contributed by atoms with van der Waals surface area (Å²) in [6.07, 6.45) is -0.941. The van der Waals surface area contributed by atoms with Gasteiger partial charge in [-0.15, -0.1) is 11.3 Å². The molecule has 0 saturated carbocycles. The highest BCUT2D eigenvalue weighted by Crippen LogP contribution is 2.32. The third kappa shape index (κ3) is 1.78. The fraction of sp³-hybridized carbons (Fsp3) is 0.0769. The number of hydrogen-bond acceptors (Lipinski definition) is 5. The van der Waals surface area contributed by atoms with Crippen LogP contribution in [0.1, 0.15) is 31.9 Å². The van der Waals surface area contributed by atoms with Gasteiger partial charge in [-0.3, -0.25) is 0 Å². The second-order valence-corrected chi connectivity index (χ2v) is 4.65. The molecule has 1 atom stereocenters. The Morgan fingerprint density at radius 1 is 1.22 bits per heavy atom. The van der Waals surface area contributed by atoms with Gasteiger partial charge in [0.1, 0.15) is 4.88 Å². The van der Waals surface area contributed by atoms with Crippen LogP contribution in [0, 0.1) is 0 Å². The summed E-state index contributed by atoms with van der Waals surface area (Å²) in [5, 5.41) is 1.78. The molecule has 1 aromatic heterocycles. The molecule has 90 valence electrons. The number of benzene rings is 1. The van der Waals surface area contributed by atoms with Crippen molar-refractivity contribution in [1.82, 2.24) is 0 Å². The van der Waals surface area contributed by atoms with E-state index in [0.717, 1.165) is 0 Å². The van der Waals surface area contributed by atoms with Crippen molar-refractivity contribution >= 4 is 23.3 Å². The smallest absolute Gasteiger partial charge is 0.351 e. The number of ether oxygens (including phenoxy) is 2. The quantitative estimate of drug-likeness (QED) is 0.779. The van der Waals surface area contributed by atoms with E-state index in [2.05, 4.69) is 0 Å². The van der Waals surface area contributed by atoms with Crippen molar-refractivity contribution in [2.45, 2.75) is 6.29 Å². The zero-order valence-electron chi connectivity index (χ0n) is 9.16. The predicted molar refractivity (Wildman–Crippen MR) is 64.3 cm³/mol. The molecular formula is C13H8O4S. The van der Waals surface area contributed by atoms with Crippen LogP contribution in [0.4, 0.5) is 0 Å². The van der Waals surface area contributed by atoms with E-state index in [1.54, 1.807) is 41.8 Å². The van der Waals surface area contributed by atoms with E-state index in [9.17, 15) is 9.59 Å². The average Bonchev–Trinajstić information content (AvgIpc) is 3.00. The van der Waals surface area contributed by atoms with Gasteiger partial charge in [0.2, 0.25) is 0 Å². The summed E-state index contributed by atoms with van der Waals surface area (Å²) in [6, 6.07) is 10.3. The Bertz CT molecular complexity index is 603. The van der Waals surface area contributed by atoms with Crippen molar-refractivity contribution < 1.29 is 19.1 Å². The average molecular weight is 260 g/mol. The second kappa shape index (κ2) is 4.27. The first-order valence-electron chi connectivity index (χ1n) is 5.30. The molecule has 0 N–H and O–H groups in total. The molecule has 5 heteroatoms. The Hall–Kier alpha value is -2.14. The number of fused-ring (bicyclic) bond motifs is 1. The normalized spacial score (nSPS) is 17.1. The molecule has 1 aromatic carbocycles. The van der Waals surface area contributed by atoms with Crippen molar-refractivity contribution in [2.75, 3.05) is 0 Å². The maximum atomic E-state index is 11.8. The summed E-state index contributed by atoms with van der Waals surface area (Å²) >= 11 is 1.28. The van der Waals surface area contributed by atoms with Crippen LogP contribution in [0.3, 0.4) is 0 Å². The van der Waals surface area contributed by atoms with E-state index in [-0.39, 0.29) is 0 Å². The van der Waals surface area contributed by atoms with Crippen molar-refractivity contribution in [2.24, 2.45) is 0 Å². The minimum Gasteiger partial charge on any atom is -0.417 e. The van der Waals surface area contributed by atoms with Gasteiger partial charge in [-0.1, -0.05) is 24.3 Å². The summed E-state index contributed by atoms with van der Waals surface area (Å²) in [5.41, 5.74) is 1.04. The van der Waals surface area contributed by atoms with Crippen LogP contribution in [-0.2, 0) is 9.47 Å². The van der Waals surface area contributed by atoms with Gasteiger partial charge in [0.05, 0.1) is 5.56 Å². The summed E-state index contributed by atoms with van der Waals surface area (Å²) in [6.45, 7) is 0. The molecule has 0 saturated heterocycles. The highest BCUT2D eigenvalue weighted by molar-refractivity contribution is 7.11. The number of rotatable bonds is 2. The number of carbonyl (C=O) groups excluding carboxylic acids is 2. The molecular weight excluding hydrogens is 252 g/mol. The number of hydrogen-bond donors (Lipinski definition) is 0. The number of carbonyl (C=O) groups is 2. The predicted octanol–water partition coefficient (Wildman–Crippen LogP) is 2.77. The first-order valence-corrected chi connectivity index (χ1v) is 6.18. The first kappa shape index (κ1) is 11.0. The molecule has 1 aliphatic heterocycles. The molecule has 0 fully saturated rings. The monoisotopic (exact) mass is 260 g/mol. The van der Waals surface area contributed by atoms with Gasteiger partial charge in [0, 0.05) is 5.56 Å². The van der Waals surface area contributed by atoms with Gasteiger partial charge in [-0.2, -0.15) is 0 Å². The Morgan fingerprint density at radius 3 is 2.83 bits per heavy atom. The van der Waals surface area contributed by atoms with Gasteiger partial charge in [-0.05, 0) is 17.5 Å². The lowest BCUT2D eigenvalue weighted by Crippen LogP contribution is -2.10. The van der Waals surface area contributed by atoms with Crippen LogP contribution in [0.2, 0.25) is 0 Å². The van der Waals surface area contributed by atoms with Crippen molar-refractivity contribution in [3.8, 4) is 0 Å². The van der Waals surface area contributed by atoms with E-state index in [1.807, 2.05) is 0 Å². The maximum Gasteiger partial charge on any atom is 0.351 e. The zero-order valence-corrected chi connectivity index (χ0v) is 9.98. The standard InChI is InChI=1S/C13H8O4S/c14-11-8-4-1-2-5-9(8)13(16-11)17-12(15)10-6-3-7-18-10/h1-7,13H/t13-/m1/s1. The molecule has 0 unspecified atom stereocenters. The van der Waals surface area contributed by atoms with Gasteiger partial charge in [0.25, 0.3) is 6.29 Å². The summed E-state index contributed by atoms with van der Waals surface area (Å²) in [7, 11) is 0. The molecule has 2 aromatic rings. The molecule has 0 bridgehead atoms. The summed E-state index contributed by atoms with van der Waals surface area (Å²) in [4.78, 5) is 23.8. The van der Waals surface area contributed by atoms with Crippen LogP contribution < -0.4 is 0 Å². The van der Waals surface area contributed by atoms with E-state index in [4.69, 9.17) is 9.47 Å². The van der Waals surface area contributed by atoms with E-state index in [0.29, 0.717) is 16.0 Å². The topological polar surface area (TPSA) is 52.6 Å². The molecule has 1 aliphatic rings. The van der Waals surface area contributed by atoms with E-state index in [1.165, 1.54) is 11.3 Å². The Labute approximate surface area is 107 Å². The van der Waals surface area contributed by atoms with Gasteiger partial charge >= 0.3 is 11.9 Å². The lowest BCUT2D eigenvalue weighted by Gasteiger charge is -2.10. The van der Waals surface area contributed by atoms with Crippen LogP contribution in [-0.4, -0.2) is 11.9 Å². The highest BCUT2D eigenvalue weighted by Gasteiger charge is 2.33. The molecule has 3 rings (SSSR count). The van der Waals surface area contributed by atoms with Crippen molar-refractivity contribution in [1.29, 1.82) is 0 Å². The van der Waals surface area contributed by atoms with Crippen molar-refractivity contribution in [3.63, 3.8) is 0 Å². The molecule has 0 radical (unpaired) electrons. The minimum atomic E-state index is -0.941. The Balaban J connectivity index is 1.84. The summed E-state index contributed by atoms with van der Waals surface area (Å²) < 4.78 is 10.2. The van der Waals surface area contributed by atoms with Gasteiger partial charge in [0.15, 0.2) is 0 Å². The highest BCUT2D eigenvalue weighted by atomic mass is 32.1. The van der Waals surface area contributed by atoms with Crippen LogP contribution in [0.25, 0.3) is 0 Å².